The molecule has 5 nitrogen and oxygen atoms in total. The molecule has 1 amide bonds. The molecule has 0 aromatic rings. The molecular formula is C8H14N2O3S. The van der Waals surface area contributed by atoms with E-state index in [0.717, 1.165) is 0 Å². The van der Waals surface area contributed by atoms with E-state index in [4.69, 9.17) is 0 Å². The maximum atomic E-state index is 11.3. The molecule has 1 aliphatic rings. The maximum Gasteiger partial charge on any atom is 0.247 e. The van der Waals surface area contributed by atoms with Gasteiger partial charge in [0.25, 0.3) is 0 Å². The molecule has 0 aromatic heterocycles. The fraction of sp³-hybridized carbons (Fsp3) is 0.625. The number of sulfonamides is 1. The number of carbonyl (C=O) groups excluding carboxylic acids is 1. The number of nitrogens with one attached hydrogen (secondary N) is 2. The van der Waals surface area contributed by atoms with Crippen LogP contribution in [0.25, 0.3) is 0 Å². The Morgan fingerprint density at radius 3 is 2.64 bits per heavy atom. The van der Waals surface area contributed by atoms with Gasteiger partial charge in [-0.25, -0.2) is 8.42 Å². The Morgan fingerprint density at radius 2 is 2.14 bits per heavy atom. The molecule has 2 N–H and O–H groups in total. The third-order valence-corrected chi connectivity index (χ3v) is 3.65. The molecule has 1 aliphatic carbocycles. The van der Waals surface area contributed by atoms with Crippen LogP contribution < -0.4 is 10.0 Å². The first-order valence-electron chi connectivity index (χ1n) is 4.42. The summed E-state index contributed by atoms with van der Waals surface area (Å²) in [5.74, 6) is -0.515. The van der Waals surface area contributed by atoms with Crippen LogP contribution in [0.1, 0.15) is 12.8 Å². The molecule has 14 heavy (non-hydrogen) atoms. The lowest BCUT2D eigenvalue weighted by Gasteiger charge is -2.05. The van der Waals surface area contributed by atoms with E-state index in [0.29, 0.717) is 19.4 Å². The van der Waals surface area contributed by atoms with Gasteiger partial charge in [-0.1, -0.05) is 6.08 Å². The van der Waals surface area contributed by atoms with Gasteiger partial charge in [0, 0.05) is 6.54 Å². The summed E-state index contributed by atoms with van der Waals surface area (Å²) in [4.78, 5) is 11.1. The zero-order valence-electron chi connectivity index (χ0n) is 7.82. The maximum absolute atomic E-state index is 11.3. The predicted molar refractivity (Wildman–Crippen MR) is 53.2 cm³/mol. The molecule has 0 heterocycles. The third kappa shape index (κ3) is 3.47. The minimum atomic E-state index is -3.39. The van der Waals surface area contributed by atoms with Crippen LogP contribution in [0.15, 0.2) is 12.7 Å². The van der Waals surface area contributed by atoms with Gasteiger partial charge in [-0.3, -0.25) is 9.52 Å². The van der Waals surface area contributed by atoms with Crippen molar-refractivity contribution in [3.63, 3.8) is 0 Å². The molecule has 1 rings (SSSR count). The predicted octanol–water partition coefficient (Wildman–Crippen LogP) is -0.630. The van der Waals surface area contributed by atoms with Crippen LogP contribution in [0.2, 0.25) is 0 Å². The minimum absolute atomic E-state index is 0.00201. The van der Waals surface area contributed by atoms with Gasteiger partial charge in [-0.05, 0) is 12.8 Å². The van der Waals surface area contributed by atoms with Gasteiger partial charge < -0.3 is 5.32 Å². The Labute approximate surface area is 83.6 Å². The Balaban J connectivity index is 2.29. The van der Waals surface area contributed by atoms with Gasteiger partial charge in [0.1, 0.15) is 0 Å². The summed E-state index contributed by atoms with van der Waals surface area (Å²) in [5.41, 5.74) is 0. The number of amides is 1. The average Bonchev–Trinajstić information content (AvgIpc) is 2.85. The molecule has 0 bridgehead atoms. The highest BCUT2D eigenvalue weighted by atomic mass is 32.2. The summed E-state index contributed by atoms with van der Waals surface area (Å²) in [5, 5.41) is 2.37. The molecule has 0 aliphatic heterocycles. The largest absolute Gasteiger partial charge is 0.305 e. The van der Waals surface area contributed by atoms with Crippen molar-refractivity contribution < 1.29 is 13.2 Å². The average molecular weight is 218 g/mol. The summed E-state index contributed by atoms with van der Waals surface area (Å²) < 4.78 is 24.5. The summed E-state index contributed by atoms with van der Waals surface area (Å²) in [6.45, 7) is 3.94. The van der Waals surface area contributed by atoms with Crippen molar-refractivity contribution in [2.75, 3.05) is 13.1 Å². The summed E-state index contributed by atoms with van der Waals surface area (Å²) in [6, 6.07) is 0. The lowest BCUT2D eigenvalue weighted by Crippen LogP contribution is -2.39. The molecule has 80 valence electrons. The second-order valence-corrected chi connectivity index (χ2v) is 5.15. The van der Waals surface area contributed by atoms with Crippen molar-refractivity contribution in [3.8, 4) is 0 Å². The van der Waals surface area contributed by atoms with Gasteiger partial charge in [-0.2, -0.15) is 0 Å². The zero-order chi connectivity index (χ0) is 10.6. The van der Waals surface area contributed by atoms with E-state index in [1.807, 2.05) is 4.72 Å². The van der Waals surface area contributed by atoms with Crippen LogP contribution in [0.3, 0.4) is 0 Å². The fourth-order valence-electron chi connectivity index (χ4n) is 0.944. The van der Waals surface area contributed by atoms with E-state index in [9.17, 15) is 13.2 Å². The first-order chi connectivity index (χ1) is 6.56. The van der Waals surface area contributed by atoms with Crippen LogP contribution in [0.5, 0.6) is 0 Å². The molecule has 0 spiro atoms. The highest BCUT2D eigenvalue weighted by Crippen LogP contribution is 2.27. The monoisotopic (exact) mass is 218 g/mol. The van der Waals surface area contributed by atoms with Crippen LogP contribution in [-0.2, 0) is 14.8 Å². The molecule has 1 saturated carbocycles. The first-order valence-corrected chi connectivity index (χ1v) is 5.97. The lowest BCUT2D eigenvalue weighted by atomic mass is 10.5. The fourth-order valence-corrected chi connectivity index (χ4v) is 2.26. The standard InChI is InChI=1S/C8H14N2O3S/c1-2-5-9-6-8(11)10-14(12,13)7-3-4-7/h2,7,9H,1,3-6H2,(H,10,11). The summed E-state index contributed by atoms with van der Waals surface area (Å²) in [7, 11) is -3.39. The van der Waals surface area contributed by atoms with Gasteiger partial charge in [0.15, 0.2) is 0 Å². The van der Waals surface area contributed by atoms with Crippen molar-refractivity contribution in [2.45, 2.75) is 18.1 Å². The third-order valence-electron chi connectivity index (χ3n) is 1.79. The van der Waals surface area contributed by atoms with E-state index in [-0.39, 0.29) is 11.8 Å². The van der Waals surface area contributed by atoms with E-state index in [1.54, 1.807) is 6.08 Å². The molecule has 1 fully saturated rings. The quantitative estimate of drug-likeness (QED) is 0.460. The van der Waals surface area contributed by atoms with Gasteiger partial charge in [-0.15, -0.1) is 6.58 Å². The number of hydrogen-bond acceptors (Lipinski definition) is 4. The molecule has 0 saturated heterocycles. The van der Waals surface area contributed by atoms with Crippen LogP contribution >= 0.6 is 0 Å². The van der Waals surface area contributed by atoms with Crippen molar-refractivity contribution in [1.29, 1.82) is 0 Å². The second-order valence-electron chi connectivity index (χ2n) is 3.19. The highest BCUT2D eigenvalue weighted by molar-refractivity contribution is 7.90. The minimum Gasteiger partial charge on any atom is -0.305 e. The van der Waals surface area contributed by atoms with Crippen LogP contribution in [0.4, 0.5) is 0 Å². The van der Waals surface area contributed by atoms with E-state index in [2.05, 4.69) is 11.9 Å². The van der Waals surface area contributed by atoms with E-state index >= 15 is 0 Å². The smallest absolute Gasteiger partial charge is 0.247 e. The Hall–Kier alpha value is -0.880. The molecule has 0 unspecified atom stereocenters. The zero-order valence-corrected chi connectivity index (χ0v) is 8.64. The lowest BCUT2D eigenvalue weighted by molar-refractivity contribution is -0.118. The van der Waals surface area contributed by atoms with Gasteiger partial charge in [0.05, 0.1) is 11.8 Å². The summed E-state index contributed by atoms with van der Waals surface area (Å²) in [6.07, 6.45) is 2.91. The van der Waals surface area contributed by atoms with Crippen LogP contribution in [0, 0.1) is 0 Å². The Morgan fingerprint density at radius 1 is 1.50 bits per heavy atom. The highest BCUT2D eigenvalue weighted by Gasteiger charge is 2.36. The molecule has 6 heteroatoms. The molecular weight excluding hydrogens is 204 g/mol. The van der Waals surface area contributed by atoms with E-state index < -0.39 is 15.9 Å². The van der Waals surface area contributed by atoms with Crippen molar-refractivity contribution in [3.05, 3.63) is 12.7 Å². The van der Waals surface area contributed by atoms with Gasteiger partial charge in [0.2, 0.25) is 15.9 Å². The number of hydrogen-bond donors (Lipinski definition) is 2. The van der Waals surface area contributed by atoms with Crippen molar-refractivity contribution in [2.24, 2.45) is 0 Å². The van der Waals surface area contributed by atoms with Crippen molar-refractivity contribution >= 4 is 15.9 Å². The van der Waals surface area contributed by atoms with Crippen LogP contribution in [-0.4, -0.2) is 32.7 Å². The second kappa shape index (κ2) is 4.56. The SMILES string of the molecule is C=CCNCC(=O)NS(=O)(=O)C1CC1. The number of rotatable bonds is 6. The summed E-state index contributed by atoms with van der Waals surface area (Å²) >= 11 is 0. The topological polar surface area (TPSA) is 75.3 Å². The molecule has 0 aromatic carbocycles. The normalized spacial score (nSPS) is 16.3. The van der Waals surface area contributed by atoms with Crippen molar-refractivity contribution in [1.82, 2.24) is 10.0 Å². The molecule has 0 radical (unpaired) electrons. The van der Waals surface area contributed by atoms with Gasteiger partial charge >= 0.3 is 0 Å². The number of carbonyl (C=O) groups is 1. The first kappa shape index (κ1) is 11.2. The van der Waals surface area contributed by atoms with E-state index in [1.165, 1.54) is 0 Å². The Kier molecular flexibility index (Phi) is 3.65. The Bertz CT molecular complexity index is 319. The molecule has 0 atom stereocenters.